The van der Waals surface area contributed by atoms with E-state index in [9.17, 15) is 9.59 Å². The predicted molar refractivity (Wildman–Crippen MR) is 105 cm³/mol. The molecule has 0 bridgehead atoms. The van der Waals surface area contributed by atoms with Gasteiger partial charge in [-0.3, -0.25) is 9.59 Å². The molecule has 1 heterocycles. The van der Waals surface area contributed by atoms with Crippen LogP contribution in [0, 0.1) is 5.92 Å². The minimum absolute atomic E-state index is 0.0457. The van der Waals surface area contributed by atoms with Gasteiger partial charge in [0.1, 0.15) is 0 Å². The van der Waals surface area contributed by atoms with Gasteiger partial charge in [0, 0.05) is 43.5 Å². The van der Waals surface area contributed by atoms with E-state index in [2.05, 4.69) is 36.2 Å². The zero-order chi connectivity index (χ0) is 18.5. The Morgan fingerprint density at radius 1 is 1.12 bits per heavy atom. The van der Waals surface area contributed by atoms with Crippen LogP contribution in [0.3, 0.4) is 0 Å². The first-order valence-electron chi connectivity index (χ1n) is 10.1. The van der Waals surface area contributed by atoms with Gasteiger partial charge in [0.25, 0.3) is 0 Å². The molecule has 1 N–H and O–H groups in total. The summed E-state index contributed by atoms with van der Waals surface area (Å²) in [6.07, 6.45) is 6.12. The van der Waals surface area contributed by atoms with Gasteiger partial charge in [0.2, 0.25) is 11.8 Å². The zero-order valence-corrected chi connectivity index (χ0v) is 16.0. The molecule has 0 radical (unpaired) electrons. The Bertz CT molecular complexity index is 619. The fraction of sp³-hybridized carbons (Fsp3) is 0.619. The second-order valence-electron chi connectivity index (χ2n) is 7.44. The molecule has 1 atom stereocenters. The minimum Gasteiger partial charge on any atom is -0.372 e. The van der Waals surface area contributed by atoms with E-state index >= 15 is 0 Å². The van der Waals surface area contributed by atoms with Crippen molar-refractivity contribution in [3.63, 3.8) is 0 Å². The Hall–Kier alpha value is -2.04. The summed E-state index contributed by atoms with van der Waals surface area (Å²) >= 11 is 0. The molecule has 142 valence electrons. The molecular weight excluding hydrogens is 326 g/mol. The highest BCUT2D eigenvalue weighted by atomic mass is 16.2. The minimum atomic E-state index is -0.230. The summed E-state index contributed by atoms with van der Waals surface area (Å²) in [4.78, 5) is 29.0. The van der Waals surface area contributed by atoms with Crippen LogP contribution in [0.25, 0.3) is 0 Å². The first-order valence-corrected chi connectivity index (χ1v) is 10.1. The standard InChI is InChI=1S/C21H31N3O2/c1-3-23(4-2)18-10-12-19(13-11-18)24-15-16(14-20(24)25)21(26)22-17-8-6-5-7-9-17/h10-13,16-17H,3-9,14-15H2,1-2H3,(H,22,26). The normalized spacial score (nSPS) is 21.1. The summed E-state index contributed by atoms with van der Waals surface area (Å²) in [5, 5.41) is 3.17. The van der Waals surface area contributed by atoms with Crippen LogP contribution in [-0.2, 0) is 9.59 Å². The molecule has 0 aromatic heterocycles. The number of hydrogen-bond donors (Lipinski definition) is 1. The van der Waals surface area contributed by atoms with E-state index in [-0.39, 0.29) is 17.7 Å². The monoisotopic (exact) mass is 357 g/mol. The Kier molecular flexibility index (Phi) is 6.17. The van der Waals surface area contributed by atoms with Gasteiger partial charge in [-0.1, -0.05) is 19.3 Å². The van der Waals surface area contributed by atoms with Crippen LogP contribution in [0.5, 0.6) is 0 Å². The van der Waals surface area contributed by atoms with E-state index in [0.29, 0.717) is 19.0 Å². The first kappa shape index (κ1) is 18.7. The molecule has 0 spiro atoms. The Morgan fingerprint density at radius 3 is 2.38 bits per heavy atom. The number of anilines is 2. The average Bonchev–Trinajstić information content (AvgIpc) is 3.06. The first-order chi connectivity index (χ1) is 12.6. The maximum Gasteiger partial charge on any atom is 0.227 e. The van der Waals surface area contributed by atoms with Crippen LogP contribution in [0.4, 0.5) is 11.4 Å². The van der Waals surface area contributed by atoms with Crippen LogP contribution in [0.15, 0.2) is 24.3 Å². The van der Waals surface area contributed by atoms with Gasteiger partial charge in [0.15, 0.2) is 0 Å². The quantitative estimate of drug-likeness (QED) is 0.850. The summed E-state index contributed by atoms with van der Waals surface area (Å²) in [7, 11) is 0. The van der Waals surface area contributed by atoms with E-state index in [0.717, 1.165) is 37.3 Å². The molecule has 1 unspecified atom stereocenters. The third-order valence-electron chi connectivity index (χ3n) is 5.74. The number of nitrogens with zero attached hydrogens (tertiary/aromatic N) is 2. The van der Waals surface area contributed by atoms with Gasteiger partial charge in [-0.15, -0.1) is 0 Å². The lowest BCUT2D eigenvalue weighted by atomic mass is 9.95. The van der Waals surface area contributed by atoms with E-state index in [1.807, 2.05) is 12.1 Å². The van der Waals surface area contributed by atoms with Crippen LogP contribution >= 0.6 is 0 Å². The fourth-order valence-corrected chi connectivity index (χ4v) is 4.13. The molecule has 1 aromatic rings. The second kappa shape index (κ2) is 8.56. The SMILES string of the molecule is CCN(CC)c1ccc(N2CC(C(=O)NC3CCCCC3)CC2=O)cc1. The lowest BCUT2D eigenvalue weighted by Crippen LogP contribution is -2.40. The maximum atomic E-state index is 12.6. The highest BCUT2D eigenvalue weighted by Crippen LogP contribution is 2.28. The molecule has 2 amide bonds. The van der Waals surface area contributed by atoms with Crippen LogP contribution in [0.1, 0.15) is 52.4 Å². The van der Waals surface area contributed by atoms with Crippen molar-refractivity contribution >= 4 is 23.2 Å². The molecule has 5 nitrogen and oxygen atoms in total. The molecule has 2 aliphatic rings. The van der Waals surface area contributed by atoms with Crippen molar-refractivity contribution in [2.75, 3.05) is 29.4 Å². The number of hydrogen-bond acceptors (Lipinski definition) is 3. The predicted octanol–water partition coefficient (Wildman–Crippen LogP) is 3.33. The number of carbonyl (C=O) groups is 2. The van der Waals surface area contributed by atoms with Gasteiger partial charge in [-0.05, 0) is 51.0 Å². The Morgan fingerprint density at radius 2 is 1.77 bits per heavy atom. The smallest absolute Gasteiger partial charge is 0.227 e. The Labute approximate surface area is 156 Å². The molecule has 1 saturated carbocycles. The molecule has 5 heteroatoms. The number of carbonyl (C=O) groups excluding carboxylic acids is 2. The van der Waals surface area contributed by atoms with Crippen molar-refractivity contribution in [1.29, 1.82) is 0 Å². The molecule has 26 heavy (non-hydrogen) atoms. The Balaban J connectivity index is 1.61. The van der Waals surface area contributed by atoms with E-state index in [4.69, 9.17) is 0 Å². The number of nitrogens with one attached hydrogen (secondary N) is 1. The van der Waals surface area contributed by atoms with Gasteiger partial charge in [-0.25, -0.2) is 0 Å². The summed E-state index contributed by atoms with van der Waals surface area (Å²) in [6.45, 7) is 6.68. The third-order valence-corrected chi connectivity index (χ3v) is 5.74. The van der Waals surface area contributed by atoms with Gasteiger partial charge in [-0.2, -0.15) is 0 Å². The van der Waals surface area contributed by atoms with Crippen molar-refractivity contribution in [2.45, 2.75) is 58.4 Å². The van der Waals surface area contributed by atoms with Crippen molar-refractivity contribution < 1.29 is 9.59 Å². The van der Waals surface area contributed by atoms with Crippen molar-refractivity contribution in [3.05, 3.63) is 24.3 Å². The summed E-state index contributed by atoms with van der Waals surface area (Å²) in [5.41, 5.74) is 2.05. The molecule has 3 rings (SSSR count). The molecule has 1 aliphatic heterocycles. The highest BCUT2D eigenvalue weighted by Gasteiger charge is 2.35. The van der Waals surface area contributed by atoms with Gasteiger partial charge < -0.3 is 15.1 Å². The summed E-state index contributed by atoms with van der Waals surface area (Å²) < 4.78 is 0. The molecule has 1 aromatic carbocycles. The number of benzene rings is 1. The van der Waals surface area contributed by atoms with E-state index < -0.39 is 0 Å². The fourth-order valence-electron chi connectivity index (χ4n) is 4.13. The average molecular weight is 357 g/mol. The summed E-state index contributed by atoms with van der Waals surface area (Å²) in [5.74, 6) is -0.135. The van der Waals surface area contributed by atoms with Crippen LogP contribution in [0.2, 0.25) is 0 Å². The van der Waals surface area contributed by atoms with Crippen LogP contribution < -0.4 is 15.1 Å². The third kappa shape index (κ3) is 4.19. The molecule has 1 saturated heterocycles. The summed E-state index contributed by atoms with van der Waals surface area (Å²) in [6, 6.07) is 8.41. The molecule has 1 aliphatic carbocycles. The second-order valence-corrected chi connectivity index (χ2v) is 7.44. The van der Waals surface area contributed by atoms with Crippen molar-refractivity contribution in [1.82, 2.24) is 5.32 Å². The lowest BCUT2D eigenvalue weighted by molar-refractivity contribution is -0.127. The van der Waals surface area contributed by atoms with E-state index in [1.165, 1.54) is 19.3 Å². The van der Waals surface area contributed by atoms with E-state index in [1.54, 1.807) is 4.90 Å². The van der Waals surface area contributed by atoms with Crippen molar-refractivity contribution in [3.8, 4) is 0 Å². The lowest BCUT2D eigenvalue weighted by Gasteiger charge is -2.24. The molecule has 2 fully saturated rings. The largest absolute Gasteiger partial charge is 0.372 e. The zero-order valence-electron chi connectivity index (χ0n) is 16.0. The molecular formula is C21H31N3O2. The number of amides is 2. The van der Waals surface area contributed by atoms with Crippen LogP contribution in [-0.4, -0.2) is 37.5 Å². The highest BCUT2D eigenvalue weighted by molar-refractivity contribution is 6.00. The van der Waals surface area contributed by atoms with Crippen molar-refractivity contribution in [2.24, 2.45) is 5.92 Å². The van der Waals surface area contributed by atoms with Gasteiger partial charge >= 0.3 is 0 Å². The number of rotatable bonds is 6. The maximum absolute atomic E-state index is 12.6. The topological polar surface area (TPSA) is 52.6 Å². The van der Waals surface area contributed by atoms with Gasteiger partial charge in [0.05, 0.1) is 5.92 Å².